The van der Waals surface area contributed by atoms with E-state index in [1.165, 1.54) is 0 Å². The molecule has 1 aliphatic heterocycles. The number of anilines is 2. The van der Waals surface area contributed by atoms with Crippen molar-refractivity contribution < 1.29 is 18.7 Å². The highest BCUT2D eigenvalue weighted by atomic mass is 16.5. The van der Waals surface area contributed by atoms with Gasteiger partial charge in [0.25, 0.3) is 11.9 Å². The molecule has 1 aliphatic rings. The van der Waals surface area contributed by atoms with E-state index in [0.29, 0.717) is 37.6 Å². The average Bonchev–Trinajstić information content (AvgIpc) is 3.18. The summed E-state index contributed by atoms with van der Waals surface area (Å²) < 4.78 is 11.0. The van der Waals surface area contributed by atoms with Crippen LogP contribution in [-0.2, 0) is 14.3 Å². The highest BCUT2D eigenvalue weighted by Crippen LogP contribution is 2.26. The maximum atomic E-state index is 12.3. The number of rotatable bonds is 5. The van der Waals surface area contributed by atoms with Gasteiger partial charge in [0.05, 0.1) is 5.92 Å². The number of amides is 1. The second kappa shape index (κ2) is 8.34. The largest absolute Gasteiger partial charge is 0.455 e. The van der Waals surface area contributed by atoms with Crippen molar-refractivity contribution in [3.8, 4) is 0 Å². The van der Waals surface area contributed by atoms with Gasteiger partial charge in [-0.05, 0) is 44.0 Å². The molecule has 3 aromatic rings. The third-order valence-corrected chi connectivity index (χ3v) is 5.06. The highest BCUT2D eigenvalue weighted by molar-refractivity contribution is 5.92. The van der Waals surface area contributed by atoms with Gasteiger partial charge < -0.3 is 19.4 Å². The fraction of sp³-hybridized carbons (Fsp3) is 0.318. The van der Waals surface area contributed by atoms with Crippen molar-refractivity contribution >= 4 is 34.7 Å². The number of ether oxygens (including phenoxy) is 1. The predicted octanol–water partition coefficient (Wildman–Crippen LogP) is 3.53. The van der Waals surface area contributed by atoms with E-state index in [1.807, 2.05) is 60.4 Å². The van der Waals surface area contributed by atoms with Gasteiger partial charge in [-0.1, -0.05) is 29.8 Å². The molecule has 0 spiro atoms. The Balaban J connectivity index is 1.24. The number of fused-ring (bicyclic) bond motifs is 1. The van der Waals surface area contributed by atoms with Crippen molar-refractivity contribution in [2.75, 3.05) is 29.9 Å². The Kier molecular flexibility index (Phi) is 5.46. The van der Waals surface area contributed by atoms with Crippen LogP contribution in [0.4, 0.5) is 11.7 Å². The molecule has 0 radical (unpaired) electrons. The number of aryl methyl sites for hydroxylation is 1. The van der Waals surface area contributed by atoms with Crippen molar-refractivity contribution in [3.63, 3.8) is 0 Å². The van der Waals surface area contributed by atoms with Gasteiger partial charge in [-0.25, -0.2) is 0 Å². The fourth-order valence-electron chi connectivity index (χ4n) is 3.39. The molecule has 2 heterocycles. The lowest BCUT2D eigenvalue weighted by Crippen LogP contribution is -2.37. The molecule has 0 saturated carbocycles. The van der Waals surface area contributed by atoms with E-state index in [1.54, 1.807) is 0 Å². The first kappa shape index (κ1) is 19.0. The van der Waals surface area contributed by atoms with Gasteiger partial charge in [0.1, 0.15) is 5.52 Å². The summed E-state index contributed by atoms with van der Waals surface area (Å²) in [5, 5.41) is 2.72. The molecule has 1 N–H and O–H groups in total. The summed E-state index contributed by atoms with van der Waals surface area (Å²) >= 11 is 0. The number of benzene rings is 2. The first-order valence-electron chi connectivity index (χ1n) is 9.72. The Hall–Kier alpha value is -3.35. The van der Waals surface area contributed by atoms with Crippen molar-refractivity contribution in [2.45, 2.75) is 19.8 Å². The zero-order valence-electron chi connectivity index (χ0n) is 16.3. The second-order valence-electron chi connectivity index (χ2n) is 7.25. The smallest absolute Gasteiger partial charge is 0.309 e. The topological polar surface area (TPSA) is 84.7 Å². The minimum absolute atomic E-state index is 0.220. The summed E-state index contributed by atoms with van der Waals surface area (Å²) in [6, 6.07) is 15.7. The zero-order valence-corrected chi connectivity index (χ0v) is 16.3. The number of nitrogens with zero attached hydrogens (tertiary/aromatic N) is 2. The van der Waals surface area contributed by atoms with E-state index in [4.69, 9.17) is 9.15 Å². The summed E-state index contributed by atoms with van der Waals surface area (Å²) in [6.07, 6.45) is 1.27. The summed E-state index contributed by atoms with van der Waals surface area (Å²) in [4.78, 5) is 30.9. The molecule has 4 rings (SSSR count). The van der Waals surface area contributed by atoms with Crippen molar-refractivity contribution in [2.24, 2.45) is 5.92 Å². The minimum Gasteiger partial charge on any atom is -0.455 e. The van der Waals surface area contributed by atoms with Crippen LogP contribution in [-0.4, -0.2) is 36.6 Å². The Bertz CT molecular complexity index is 971. The number of hydrogen-bond acceptors (Lipinski definition) is 6. The molecule has 0 unspecified atom stereocenters. The van der Waals surface area contributed by atoms with E-state index >= 15 is 0 Å². The number of piperidine rings is 1. The molecule has 1 saturated heterocycles. The summed E-state index contributed by atoms with van der Waals surface area (Å²) in [5.74, 6) is -0.893. The van der Waals surface area contributed by atoms with Gasteiger partial charge in [-0.15, -0.1) is 0 Å². The number of carbonyl (C=O) groups excluding carboxylic acids is 2. The second-order valence-corrected chi connectivity index (χ2v) is 7.25. The van der Waals surface area contributed by atoms with Crippen LogP contribution < -0.4 is 10.2 Å². The van der Waals surface area contributed by atoms with E-state index in [9.17, 15) is 9.59 Å². The molecule has 7 nitrogen and oxygen atoms in total. The lowest BCUT2D eigenvalue weighted by molar-refractivity contribution is -0.152. The van der Waals surface area contributed by atoms with Gasteiger partial charge in [-0.2, -0.15) is 4.98 Å². The lowest BCUT2D eigenvalue weighted by atomic mass is 9.97. The standard InChI is InChI=1S/C22H23N3O4/c1-15-6-8-17(9-7-15)23-20(26)14-28-21(27)16-10-12-25(13-11-16)22-24-18-4-2-3-5-19(18)29-22/h2-9,16H,10-14H2,1H3,(H,23,26). The number of esters is 1. The van der Waals surface area contributed by atoms with Gasteiger partial charge >= 0.3 is 5.97 Å². The van der Waals surface area contributed by atoms with Crippen LogP contribution >= 0.6 is 0 Å². The number of nitrogens with one attached hydrogen (secondary N) is 1. The van der Waals surface area contributed by atoms with Crippen molar-refractivity contribution in [1.82, 2.24) is 4.98 Å². The zero-order chi connectivity index (χ0) is 20.2. The van der Waals surface area contributed by atoms with Crippen LogP contribution in [0.25, 0.3) is 11.1 Å². The molecule has 1 aromatic heterocycles. The lowest BCUT2D eigenvalue weighted by Gasteiger charge is -2.29. The molecular formula is C22H23N3O4. The summed E-state index contributed by atoms with van der Waals surface area (Å²) in [5.41, 5.74) is 3.37. The van der Waals surface area contributed by atoms with Crippen molar-refractivity contribution in [3.05, 3.63) is 54.1 Å². The average molecular weight is 393 g/mol. The van der Waals surface area contributed by atoms with Gasteiger partial charge in [0.15, 0.2) is 12.2 Å². The van der Waals surface area contributed by atoms with Crippen LogP contribution in [0.2, 0.25) is 0 Å². The van der Waals surface area contributed by atoms with Crippen LogP contribution in [0.15, 0.2) is 52.9 Å². The van der Waals surface area contributed by atoms with Gasteiger partial charge in [0, 0.05) is 18.8 Å². The van der Waals surface area contributed by atoms with Crippen LogP contribution in [0.1, 0.15) is 18.4 Å². The number of hydrogen-bond donors (Lipinski definition) is 1. The first-order chi connectivity index (χ1) is 14.1. The number of oxazole rings is 1. The summed E-state index contributed by atoms with van der Waals surface area (Å²) in [7, 11) is 0. The molecule has 0 aliphatic carbocycles. The molecular weight excluding hydrogens is 370 g/mol. The van der Waals surface area contributed by atoms with Crippen LogP contribution in [0.5, 0.6) is 0 Å². The Labute approximate surface area is 168 Å². The molecule has 0 bridgehead atoms. The number of para-hydroxylation sites is 2. The van der Waals surface area contributed by atoms with E-state index < -0.39 is 0 Å². The Morgan fingerprint density at radius 1 is 1.14 bits per heavy atom. The molecule has 2 aromatic carbocycles. The predicted molar refractivity (Wildman–Crippen MR) is 110 cm³/mol. The van der Waals surface area contributed by atoms with Crippen LogP contribution in [0.3, 0.4) is 0 Å². The number of carbonyl (C=O) groups is 2. The monoisotopic (exact) mass is 393 g/mol. The molecule has 1 fully saturated rings. The normalized spacial score (nSPS) is 14.7. The van der Waals surface area contributed by atoms with E-state index in [0.717, 1.165) is 16.7 Å². The number of aromatic nitrogens is 1. The summed E-state index contributed by atoms with van der Waals surface area (Å²) in [6.45, 7) is 3.01. The van der Waals surface area contributed by atoms with E-state index in [2.05, 4.69) is 10.3 Å². The molecule has 29 heavy (non-hydrogen) atoms. The SMILES string of the molecule is Cc1ccc(NC(=O)COC(=O)C2CCN(c3nc4ccccc4o3)CC2)cc1. The quantitative estimate of drug-likeness (QED) is 0.668. The Morgan fingerprint density at radius 3 is 2.59 bits per heavy atom. The molecule has 150 valence electrons. The maximum absolute atomic E-state index is 12.3. The van der Waals surface area contributed by atoms with E-state index in [-0.39, 0.29) is 24.4 Å². The van der Waals surface area contributed by atoms with Crippen LogP contribution in [0, 0.1) is 12.8 Å². The molecule has 0 atom stereocenters. The van der Waals surface area contributed by atoms with Gasteiger partial charge in [0.2, 0.25) is 0 Å². The van der Waals surface area contributed by atoms with Crippen molar-refractivity contribution in [1.29, 1.82) is 0 Å². The Morgan fingerprint density at radius 2 is 1.86 bits per heavy atom. The molecule has 1 amide bonds. The third kappa shape index (κ3) is 4.56. The minimum atomic E-state index is -0.342. The van der Waals surface area contributed by atoms with Gasteiger partial charge in [-0.3, -0.25) is 9.59 Å². The first-order valence-corrected chi connectivity index (χ1v) is 9.72. The third-order valence-electron chi connectivity index (χ3n) is 5.06. The fourth-order valence-corrected chi connectivity index (χ4v) is 3.39. The molecule has 7 heteroatoms. The highest BCUT2D eigenvalue weighted by Gasteiger charge is 2.28. The maximum Gasteiger partial charge on any atom is 0.309 e.